The first kappa shape index (κ1) is 28.9. The van der Waals surface area contributed by atoms with Crippen LogP contribution in [0.2, 0.25) is 0 Å². The summed E-state index contributed by atoms with van der Waals surface area (Å²) < 4.78 is 0. The molecule has 2 rings (SSSR count). The van der Waals surface area contributed by atoms with Gasteiger partial charge in [0.05, 0.1) is 12.9 Å². The Bertz CT molecular complexity index is 1060. The fraction of sp³-hybridized carbons (Fsp3) is 0.391. The number of amides is 3. The van der Waals surface area contributed by atoms with Crippen LogP contribution in [0.5, 0.6) is 0 Å². The van der Waals surface area contributed by atoms with Crippen molar-refractivity contribution in [2.45, 2.75) is 49.9 Å². The summed E-state index contributed by atoms with van der Waals surface area (Å²) in [5.41, 5.74) is 6.68. The van der Waals surface area contributed by atoms with Crippen molar-refractivity contribution in [3.63, 3.8) is 0 Å². The lowest BCUT2D eigenvalue weighted by Crippen LogP contribution is -2.58. The molecule has 1 heterocycles. The molecular weight excluding hydrogens is 488 g/mol. The standard InChI is InChI=1S/C23H30N6O8/c24-15(11-30)20(33)28-18(9-14-10-25-12-26-14)22(35)29-17(8-13-4-2-1-3-5-13)21(34)27-16(23(36)37)6-7-19(31)32/h1-5,10,12,15-18,30H,6-9,11,24H2,(H,25,26)(H,27,34)(H,28,33)(H,29,35)(H,31,32)(H,36,37). The molecule has 4 unspecified atom stereocenters. The number of hydrogen-bond acceptors (Lipinski definition) is 8. The second-order valence-corrected chi connectivity index (χ2v) is 8.21. The monoisotopic (exact) mass is 518 g/mol. The molecular formula is C23H30N6O8. The number of hydrogen-bond donors (Lipinski definition) is 8. The number of carboxylic acid groups (broad SMARTS) is 2. The van der Waals surface area contributed by atoms with Gasteiger partial charge in [-0.1, -0.05) is 30.3 Å². The van der Waals surface area contributed by atoms with E-state index in [0.717, 1.165) is 0 Å². The Morgan fingerprint density at radius 2 is 1.49 bits per heavy atom. The molecule has 0 fully saturated rings. The number of aliphatic hydroxyl groups is 1. The third-order valence-corrected chi connectivity index (χ3v) is 5.32. The van der Waals surface area contributed by atoms with Gasteiger partial charge in [0.2, 0.25) is 17.7 Å². The highest BCUT2D eigenvalue weighted by Crippen LogP contribution is 2.07. The first-order valence-electron chi connectivity index (χ1n) is 11.3. The van der Waals surface area contributed by atoms with Crippen LogP contribution < -0.4 is 21.7 Å². The highest BCUT2D eigenvalue weighted by atomic mass is 16.4. The summed E-state index contributed by atoms with van der Waals surface area (Å²) in [6.45, 7) is -0.657. The maximum Gasteiger partial charge on any atom is 0.326 e. The highest BCUT2D eigenvalue weighted by molar-refractivity contribution is 5.94. The van der Waals surface area contributed by atoms with E-state index >= 15 is 0 Å². The summed E-state index contributed by atoms with van der Waals surface area (Å²) in [4.78, 5) is 67.7. The van der Waals surface area contributed by atoms with E-state index in [-0.39, 0.29) is 19.3 Å². The largest absolute Gasteiger partial charge is 0.481 e. The van der Waals surface area contributed by atoms with E-state index < -0.39 is 66.9 Å². The second kappa shape index (κ2) is 14.3. The maximum atomic E-state index is 13.2. The van der Waals surface area contributed by atoms with Crippen molar-refractivity contribution in [3.05, 3.63) is 54.1 Å². The zero-order chi connectivity index (χ0) is 27.4. The zero-order valence-corrected chi connectivity index (χ0v) is 19.8. The first-order valence-corrected chi connectivity index (χ1v) is 11.3. The predicted octanol–water partition coefficient (Wildman–Crippen LogP) is -2.08. The van der Waals surface area contributed by atoms with E-state index in [9.17, 15) is 29.1 Å². The molecule has 4 atom stereocenters. The maximum absolute atomic E-state index is 13.2. The lowest BCUT2D eigenvalue weighted by molar-refractivity contribution is -0.143. The normalized spacial score (nSPS) is 14.0. The van der Waals surface area contributed by atoms with Crippen molar-refractivity contribution in [2.24, 2.45) is 5.73 Å². The van der Waals surface area contributed by atoms with Gasteiger partial charge in [0.15, 0.2) is 0 Å². The molecule has 0 saturated carbocycles. The molecule has 0 aliphatic carbocycles. The molecule has 1 aromatic heterocycles. The Hall–Kier alpha value is -4.30. The number of carbonyl (C=O) groups is 5. The number of aliphatic hydroxyl groups excluding tert-OH is 1. The van der Waals surface area contributed by atoms with Crippen molar-refractivity contribution in [1.82, 2.24) is 25.9 Å². The number of nitrogens with one attached hydrogen (secondary N) is 4. The third kappa shape index (κ3) is 9.70. The Balaban J connectivity index is 2.25. The lowest BCUT2D eigenvalue weighted by atomic mass is 10.0. The Labute approximate surface area is 211 Å². The van der Waals surface area contributed by atoms with E-state index in [4.69, 9.17) is 15.9 Å². The Morgan fingerprint density at radius 3 is 2.03 bits per heavy atom. The van der Waals surface area contributed by atoms with Crippen LogP contribution in [0, 0.1) is 0 Å². The fourth-order valence-electron chi connectivity index (χ4n) is 3.32. The van der Waals surface area contributed by atoms with Crippen molar-refractivity contribution < 1.29 is 39.3 Å². The summed E-state index contributed by atoms with van der Waals surface area (Å²) in [5.74, 6) is -5.09. The fourth-order valence-corrected chi connectivity index (χ4v) is 3.32. The number of aromatic nitrogens is 2. The number of nitrogens with two attached hydrogens (primary N) is 1. The van der Waals surface area contributed by atoms with Crippen molar-refractivity contribution in [3.8, 4) is 0 Å². The number of rotatable bonds is 15. The molecule has 2 aromatic rings. The number of benzene rings is 1. The first-order chi connectivity index (χ1) is 17.6. The van der Waals surface area contributed by atoms with Gasteiger partial charge in [-0.3, -0.25) is 19.2 Å². The highest BCUT2D eigenvalue weighted by Gasteiger charge is 2.31. The van der Waals surface area contributed by atoms with Gasteiger partial charge >= 0.3 is 11.9 Å². The van der Waals surface area contributed by atoms with Crippen molar-refractivity contribution >= 4 is 29.7 Å². The van der Waals surface area contributed by atoms with Crippen LogP contribution in [0.15, 0.2) is 42.9 Å². The van der Waals surface area contributed by atoms with Gasteiger partial charge in [-0.15, -0.1) is 0 Å². The minimum absolute atomic E-state index is 0.0233. The summed E-state index contributed by atoms with van der Waals surface area (Å²) >= 11 is 0. The number of H-pyrrole nitrogens is 1. The summed E-state index contributed by atoms with van der Waals surface area (Å²) in [6.07, 6.45) is 1.89. The number of carboxylic acids is 2. The smallest absolute Gasteiger partial charge is 0.326 e. The Kier molecular flexibility index (Phi) is 11.2. The minimum atomic E-state index is -1.50. The molecule has 0 bridgehead atoms. The minimum Gasteiger partial charge on any atom is -0.481 e. The van der Waals surface area contributed by atoms with Crippen LogP contribution in [0.1, 0.15) is 24.1 Å². The Morgan fingerprint density at radius 1 is 0.892 bits per heavy atom. The topological polar surface area (TPSA) is 237 Å². The second-order valence-electron chi connectivity index (χ2n) is 8.21. The molecule has 200 valence electrons. The average molecular weight is 519 g/mol. The molecule has 0 spiro atoms. The predicted molar refractivity (Wildman–Crippen MR) is 128 cm³/mol. The molecule has 9 N–H and O–H groups in total. The molecule has 3 amide bonds. The van der Waals surface area contributed by atoms with Crippen molar-refractivity contribution in [2.75, 3.05) is 6.61 Å². The van der Waals surface area contributed by atoms with Crippen LogP contribution in [-0.4, -0.2) is 85.7 Å². The van der Waals surface area contributed by atoms with E-state index in [1.807, 2.05) is 0 Å². The van der Waals surface area contributed by atoms with Gasteiger partial charge < -0.3 is 42.0 Å². The number of nitrogens with zero attached hydrogens (tertiary/aromatic N) is 1. The van der Waals surface area contributed by atoms with Gasteiger partial charge in [-0.2, -0.15) is 0 Å². The van der Waals surface area contributed by atoms with Crippen LogP contribution >= 0.6 is 0 Å². The van der Waals surface area contributed by atoms with Crippen LogP contribution in [0.25, 0.3) is 0 Å². The summed E-state index contributed by atoms with van der Waals surface area (Å²) in [7, 11) is 0. The zero-order valence-electron chi connectivity index (χ0n) is 19.8. The molecule has 0 aliphatic rings. The quantitative estimate of drug-likeness (QED) is 0.128. The van der Waals surface area contributed by atoms with Crippen LogP contribution in [0.4, 0.5) is 0 Å². The van der Waals surface area contributed by atoms with Gasteiger partial charge in [0, 0.05) is 31.2 Å². The third-order valence-electron chi connectivity index (χ3n) is 5.32. The lowest BCUT2D eigenvalue weighted by Gasteiger charge is -2.25. The van der Waals surface area contributed by atoms with Gasteiger partial charge in [0.25, 0.3) is 0 Å². The molecule has 37 heavy (non-hydrogen) atoms. The van der Waals surface area contributed by atoms with Crippen LogP contribution in [-0.2, 0) is 36.8 Å². The number of imidazole rings is 1. The molecule has 14 heteroatoms. The molecule has 14 nitrogen and oxygen atoms in total. The van der Waals surface area contributed by atoms with E-state index in [1.165, 1.54) is 12.5 Å². The number of aliphatic carboxylic acids is 2. The van der Waals surface area contributed by atoms with Gasteiger partial charge in [0.1, 0.15) is 24.2 Å². The SMILES string of the molecule is NC(CO)C(=O)NC(Cc1cnc[nH]1)C(=O)NC(Cc1ccccc1)C(=O)NC(CCC(=O)O)C(=O)O. The van der Waals surface area contributed by atoms with Crippen molar-refractivity contribution in [1.29, 1.82) is 0 Å². The summed E-state index contributed by atoms with van der Waals surface area (Å²) in [5, 5.41) is 34.7. The van der Waals surface area contributed by atoms with E-state index in [0.29, 0.717) is 11.3 Å². The van der Waals surface area contributed by atoms with E-state index in [1.54, 1.807) is 30.3 Å². The number of aromatic amines is 1. The van der Waals surface area contributed by atoms with Gasteiger partial charge in [-0.25, -0.2) is 9.78 Å². The average Bonchev–Trinajstić information content (AvgIpc) is 3.38. The molecule has 0 radical (unpaired) electrons. The van der Waals surface area contributed by atoms with Gasteiger partial charge in [-0.05, 0) is 12.0 Å². The summed E-state index contributed by atoms with van der Waals surface area (Å²) in [6, 6.07) is 3.32. The number of carbonyl (C=O) groups excluding carboxylic acids is 3. The van der Waals surface area contributed by atoms with E-state index in [2.05, 4.69) is 25.9 Å². The molecule has 0 saturated heterocycles. The van der Waals surface area contributed by atoms with Crippen LogP contribution in [0.3, 0.4) is 0 Å². The molecule has 0 aliphatic heterocycles. The molecule has 1 aromatic carbocycles.